The van der Waals surface area contributed by atoms with Crippen molar-refractivity contribution >= 4 is 13.6 Å². The van der Waals surface area contributed by atoms with Gasteiger partial charge in [-0.25, -0.2) is 0 Å². The predicted molar refractivity (Wildman–Crippen MR) is 88.3 cm³/mol. The van der Waals surface area contributed by atoms with Gasteiger partial charge in [0.1, 0.15) is 0 Å². The summed E-state index contributed by atoms with van der Waals surface area (Å²) in [5, 5.41) is 1.73. The molecule has 1 aliphatic carbocycles. The molecule has 0 heterocycles. The Morgan fingerprint density at radius 1 is 0.900 bits per heavy atom. The van der Waals surface area contributed by atoms with Crippen LogP contribution in [0.4, 0.5) is 0 Å². The highest BCUT2D eigenvalue weighted by molar-refractivity contribution is 6.84. The van der Waals surface area contributed by atoms with Gasteiger partial charge in [0.15, 0.2) is 11.5 Å². The quantitative estimate of drug-likeness (QED) is 0.734. The molecule has 0 unspecified atom stereocenters. The largest absolute Gasteiger partial charge is 0.493 e. The molecule has 0 atom stereocenters. The highest BCUT2D eigenvalue weighted by Crippen LogP contribution is 2.39. The predicted octanol–water partition coefficient (Wildman–Crippen LogP) is 4.91. The molecular weight excluding hydrogens is 264 g/mol. The molecule has 1 aliphatic rings. The van der Waals surface area contributed by atoms with Gasteiger partial charge < -0.3 is 9.47 Å². The van der Waals surface area contributed by atoms with Crippen molar-refractivity contribution in [2.24, 2.45) is 0 Å². The van der Waals surface area contributed by atoms with Crippen molar-refractivity contribution in [1.29, 1.82) is 0 Å². The maximum atomic E-state index is 5.45. The van der Waals surface area contributed by atoms with Crippen LogP contribution in [0.2, 0.25) is 19.6 Å². The fourth-order valence-corrected chi connectivity index (χ4v) is 5.18. The Morgan fingerprint density at radius 3 is 2.15 bits per heavy atom. The van der Waals surface area contributed by atoms with Crippen LogP contribution in [0.25, 0.3) is 5.57 Å². The standard InChI is InChI=1S/C17H26O2Si/c1-18-15-11-10-13(12-16(15)19-2)14-8-6-7-9-17(14)20(3,4)5/h10-12H,6-9H2,1-5H3. The first kappa shape index (κ1) is 15.2. The van der Waals surface area contributed by atoms with Crippen LogP contribution in [0.3, 0.4) is 0 Å². The Bertz CT molecular complexity index is 512. The fraction of sp³-hybridized carbons (Fsp3) is 0.529. The number of rotatable bonds is 4. The van der Waals surface area contributed by atoms with Crippen molar-refractivity contribution in [2.45, 2.75) is 45.3 Å². The van der Waals surface area contributed by atoms with E-state index < -0.39 is 8.07 Å². The van der Waals surface area contributed by atoms with Gasteiger partial charge in [-0.15, -0.1) is 0 Å². The highest BCUT2D eigenvalue weighted by Gasteiger charge is 2.26. The molecule has 0 bridgehead atoms. The van der Waals surface area contributed by atoms with Crippen LogP contribution < -0.4 is 9.47 Å². The molecule has 0 amide bonds. The normalized spacial score (nSPS) is 16.2. The molecule has 0 saturated carbocycles. The molecule has 0 aromatic heterocycles. The first-order chi connectivity index (χ1) is 9.47. The van der Waals surface area contributed by atoms with E-state index in [1.165, 1.54) is 31.2 Å². The summed E-state index contributed by atoms with van der Waals surface area (Å²) in [6, 6.07) is 6.35. The van der Waals surface area contributed by atoms with Crippen LogP contribution in [0.15, 0.2) is 23.4 Å². The lowest BCUT2D eigenvalue weighted by Gasteiger charge is -2.29. The SMILES string of the molecule is COc1ccc(C2=C([Si](C)(C)C)CCCC2)cc1OC. The van der Waals surface area contributed by atoms with Gasteiger partial charge >= 0.3 is 0 Å². The van der Waals surface area contributed by atoms with E-state index in [2.05, 4.69) is 31.8 Å². The molecule has 3 heteroatoms. The van der Waals surface area contributed by atoms with Gasteiger partial charge in [-0.2, -0.15) is 0 Å². The lowest BCUT2D eigenvalue weighted by atomic mass is 9.93. The second-order valence-electron chi connectivity index (χ2n) is 6.48. The van der Waals surface area contributed by atoms with Gasteiger partial charge in [-0.1, -0.05) is 30.9 Å². The lowest BCUT2D eigenvalue weighted by molar-refractivity contribution is 0.355. The summed E-state index contributed by atoms with van der Waals surface area (Å²) in [7, 11) is 2.15. The summed E-state index contributed by atoms with van der Waals surface area (Å²) in [6.07, 6.45) is 5.13. The maximum Gasteiger partial charge on any atom is 0.161 e. The number of ether oxygens (including phenoxy) is 2. The van der Waals surface area contributed by atoms with Crippen molar-refractivity contribution in [1.82, 2.24) is 0 Å². The fourth-order valence-electron chi connectivity index (χ4n) is 3.08. The minimum Gasteiger partial charge on any atom is -0.493 e. The molecule has 110 valence electrons. The number of allylic oxidation sites excluding steroid dienone is 2. The van der Waals surface area contributed by atoms with Crippen molar-refractivity contribution in [2.75, 3.05) is 14.2 Å². The molecule has 0 aliphatic heterocycles. The Kier molecular flexibility index (Phi) is 4.58. The van der Waals surface area contributed by atoms with Crippen molar-refractivity contribution in [3.05, 3.63) is 29.0 Å². The zero-order valence-corrected chi connectivity index (χ0v) is 14.4. The zero-order valence-electron chi connectivity index (χ0n) is 13.4. The van der Waals surface area contributed by atoms with E-state index in [9.17, 15) is 0 Å². The molecule has 1 aromatic carbocycles. The molecule has 1 aromatic rings. The minimum atomic E-state index is -1.24. The van der Waals surface area contributed by atoms with E-state index in [0.717, 1.165) is 11.5 Å². The third kappa shape index (κ3) is 3.09. The monoisotopic (exact) mass is 290 g/mol. The van der Waals surface area contributed by atoms with E-state index in [-0.39, 0.29) is 0 Å². The van der Waals surface area contributed by atoms with Crippen molar-refractivity contribution < 1.29 is 9.47 Å². The average molecular weight is 290 g/mol. The molecule has 0 spiro atoms. The van der Waals surface area contributed by atoms with Crippen LogP contribution in [-0.2, 0) is 0 Å². The number of benzene rings is 1. The van der Waals surface area contributed by atoms with E-state index in [4.69, 9.17) is 9.47 Å². The van der Waals surface area contributed by atoms with Crippen LogP contribution in [0, 0.1) is 0 Å². The smallest absolute Gasteiger partial charge is 0.161 e. The first-order valence-corrected chi connectivity index (χ1v) is 10.9. The van der Waals surface area contributed by atoms with Crippen LogP contribution in [0.5, 0.6) is 11.5 Å². The summed E-state index contributed by atoms with van der Waals surface area (Å²) < 4.78 is 10.8. The summed E-state index contributed by atoms with van der Waals surface area (Å²) in [4.78, 5) is 0. The van der Waals surface area contributed by atoms with Crippen LogP contribution in [0.1, 0.15) is 31.2 Å². The second-order valence-corrected chi connectivity index (χ2v) is 11.6. The molecule has 0 fully saturated rings. The molecular formula is C17H26O2Si. The maximum absolute atomic E-state index is 5.45. The summed E-state index contributed by atoms with van der Waals surface area (Å²) >= 11 is 0. The van der Waals surface area contributed by atoms with Gasteiger partial charge in [0.2, 0.25) is 0 Å². The van der Waals surface area contributed by atoms with Gasteiger partial charge in [0.05, 0.1) is 22.3 Å². The first-order valence-electron chi connectivity index (χ1n) is 7.42. The third-order valence-electron chi connectivity index (χ3n) is 4.11. The number of methoxy groups -OCH3 is 2. The van der Waals surface area contributed by atoms with Crippen molar-refractivity contribution in [3.8, 4) is 11.5 Å². The van der Waals surface area contributed by atoms with Gasteiger partial charge in [-0.05, 0) is 49.0 Å². The van der Waals surface area contributed by atoms with Gasteiger partial charge in [0, 0.05) is 0 Å². The Hall–Kier alpha value is -1.22. The lowest BCUT2D eigenvalue weighted by Crippen LogP contribution is -2.26. The molecule has 0 N–H and O–H groups in total. The van der Waals surface area contributed by atoms with E-state index in [1.54, 1.807) is 25.0 Å². The van der Waals surface area contributed by atoms with Crippen LogP contribution >= 0.6 is 0 Å². The Labute approximate surface area is 123 Å². The second kappa shape index (κ2) is 6.04. The van der Waals surface area contributed by atoms with Crippen LogP contribution in [-0.4, -0.2) is 22.3 Å². The number of hydrogen-bond acceptors (Lipinski definition) is 2. The summed E-state index contributed by atoms with van der Waals surface area (Å²) in [5.41, 5.74) is 2.89. The Balaban J connectivity index is 2.50. The highest BCUT2D eigenvalue weighted by atomic mass is 28.3. The molecule has 2 nitrogen and oxygen atoms in total. The van der Waals surface area contributed by atoms with Gasteiger partial charge in [0.25, 0.3) is 0 Å². The van der Waals surface area contributed by atoms with Gasteiger partial charge in [-0.3, -0.25) is 0 Å². The summed E-state index contributed by atoms with van der Waals surface area (Å²) in [5.74, 6) is 1.64. The molecule has 0 saturated heterocycles. The van der Waals surface area contributed by atoms with E-state index >= 15 is 0 Å². The Morgan fingerprint density at radius 2 is 1.55 bits per heavy atom. The third-order valence-corrected chi connectivity index (χ3v) is 6.47. The molecule has 20 heavy (non-hydrogen) atoms. The molecule has 0 radical (unpaired) electrons. The van der Waals surface area contributed by atoms with E-state index in [0.29, 0.717) is 0 Å². The topological polar surface area (TPSA) is 18.5 Å². The average Bonchev–Trinajstić information content (AvgIpc) is 2.45. The molecule has 2 rings (SSSR count). The van der Waals surface area contributed by atoms with E-state index in [1.807, 2.05) is 6.07 Å². The van der Waals surface area contributed by atoms with Crippen molar-refractivity contribution in [3.63, 3.8) is 0 Å². The number of hydrogen-bond donors (Lipinski definition) is 0. The zero-order chi connectivity index (χ0) is 14.8. The summed E-state index contributed by atoms with van der Waals surface area (Å²) in [6.45, 7) is 7.36. The minimum absolute atomic E-state index is 0.808.